The van der Waals surface area contributed by atoms with Crippen molar-refractivity contribution in [2.45, 2.75) is 51.3 Å². The first-order chi connectivity index (χ1) is 15.2. The van der Waals surface area contributed by atoms with Gasteiger partial charge in [-0.25, -0.2) is 0 Å². The normalized spacial score (nSPS) is 11.2. The monoisotopic (exact) mass is 516 g/mol. The van der Waals surface area contributed by atoms with Gasteiger partial charge in [-0.15, -0.1) is 10.2 Å². The fourth-order valence-corrected chi connectivity index (χ4v) is 4.24. The Kier molecular flexibility index (Phi) is 8.37. The number of thioether (sulfide) groups is 1. The Balaban J connectivity index is 1.55. The summed E-state index contributed by atoms with van der Waals surface area (Å²) in [5.74, 6) is 2.46. The Morgan fingerprint density at radius 3 is 2.47 bits per heavy atom. The second-order valence-corrected chi connectivity index (χ2v) is 10.1. The molecule has 0 atom stereocenters. The summed E-state index contributed by atoms with van der Waals surface area (Å²) in [6.07, 6.45) is 0. The van der Waals surface area contributed by atoms with Gasteiger partial charge in [-0.05, 0) is 53.3 Å². The van der Waals surface area contributed by atoms with Crippen molar-refractivity contribution in [3.05, 3.63) is 63.9 Å². The number of hydrogen-bond donors (Lipinski definition) is 1. The van der Waals surface area contributed by atoms with Crippen molar-refractivity contribution in [2.75, 3.05) is 11.1 Å². The number of carbonyl (C=O) groups is 1. The highest BCUT2D eigenvalue weighted by atomic mass is 79.9. The van der Waals surface area contributed by atoms with Crippen molar-refractivity contribution in [1.82, 2.24) is 14.8 Å². The van der Waals surface area contributed by atoms with Gasteiger partial charge in [-0.2, -0.15) is 0 Å². The predicted molar refractivity (Wildman–Crippen MR) is 133 cm³/mol. The smallest absolute Gasteiger partial charge is 0.234 e. The van der Waals surface area contributed by atoms with Crippen LogP contribution in [0.1, 0.15) is 56.5 Å². The minimum Gasteiger partial charge on any atom is -0.486 e. The van der Waals surface area contributed by atoms with Crippen LogP contribution in [0.25, 0.3) is 0 Å². The molecule has 0 aliphatic heterocycles. The average Bonchev–Trinajstić information content (AvgIpc) is 3.11. The molecule has 0 aliphatic rings. The lowest BCUT2D eigenvalue weighted by atomic mass is 10.0. The molecule has 0 saturated carbocycles. The van der Waals surface area contributed by atoms with Crippen molar-refractivity contribution in [3.63, 3.8) is 0 Å². The number of benzene rings is 2. The zero-order valence-electron chi connectivity index (χ0n) is 19.1. The van der Waals surface area contributed by atoms with E-state index in [9.17, 15) is 4.79 Å². The molecule has 8 heteroatoms. The van der Waals surface area contributed by atoms with Crippen LogP contribution in [-0.4, -0.2) is 26.4 Å². The summed E-state index contributed by atoms with van der Waals surface area (Å²) < 4.78 is 8.71. The topological polar surface area (TPSA) is 69.0 Å². The van der Waals surface area contributed by atoms with Crippen molar-refractivity contribution >= 4 is 39.3 Å². The number of ether oxygens (including phenoxy) is 1. The molecule has 2 aromatic carbocycles. The van der Waals surface area contributed by atoms with E-state index >= 15 is 0 Å². The second-order valence-electron chi connectivity index (χ2n) is 8.19. The van der Waals surface area contributed by atoms with Gasteiger partial charge in [-0.3, -0.25) is 4.79 Å². The molecule has 1 amide bonds. The van der Waals surface area contributed by atoms with E-state index in [-0.39, 0.29) is 11.7 Å². The van der Waals surface area contributed by atoms with Gasteiger partial charge in [0.1, 0.15) is 12.4 Å². The van der Waals surface area contributed by atoms with Crippen LogP contribution in [0.3, 0.4) is 0 Å². The standard InChI is InChI=1S/C24H29BrN4O2S/c1-15(2)17-6-9-19(10-7-17)31-13-22-27-28-24(29(22)5)32-14-23(30)26-21-11-8-18(25)12-20(21)16(3)4/h6-12,15-16H,13-14H2,1-5H3,(H,26,30). The Labute approximate surface area is 202 Å². The third-order valence-electron chi connectivity index (χ3n) is 5.08. The molecule has 1 aromatic heterocycles. The van der Waals surface area contributed by atoms with Gasteiger partial charge in [0.25, 0.3) is 0 Å². The zero-order chi connectivity index (χ0) is 23.3. The largest absolute Gasteiger partial charge is 0.486 e. The van der Waals surface area contributed by atoms with E-state index in [1.165, 1.54) is 17.3 Å². The maximum atomic E-state index is 12.5. The molecule has 3 rings (SSSR count). The third-order valence-corrected chi connectivity index (χ3v) is 6.60. The van der Waals surface area contributed by atoms with Crippen molar-refractivity contribution in [3.8, 4) is 5.75 Å². The lowest BCUT2D eigenvalue weighted by Gasteiger charge is -2.14. The minimum absolute atomic E-state index is 0.0785. The zero-order valence-corrected chi connectivity index (χ0v) is 21.5. The van der Waals surface area contributed by atoms with Gasteiger partial charge >= 0.3 is 0 Å². The molecule has 1 N–H and O–H groups in total. The molecular weight excluding hydrogens is 488 g/mol. The average molecular weight is 517 g/mol. The Morgan fingerprint density at radius 1 is 1.09 bits per heavy atom. The van der Waals surface area contributed by atoms with Crippen molar-refractivity contribution in [1.29, 1.82) is 0 Å². The van der Waals surface area contributed by atoms with Crippen molar-refractivity contribution in [2.24, 2.45) is 7.05 Å². The highest BCUT2D eigenvalue weighted by molar-refractivity contribution is 9.10. The van der Waals surface area contributed by atoms with Gasteiger partial charge in [-0.1, -0.05) is 67.5 Å². The lowest BCUT2D eigenvalue weighted by Crippen LogP contribution is -2.16. The summed E-state index contributed by atoms with van der Waals surface area (Å²) in [4.78, 5) is 12.5. The van der Waals surface area contributed by atoms with E-state index in [0.29, 0.717) is 29.4 Å². The summed E-state index contributed by atoms with van der Waals surface area (Å²) in [6.45, 7) is 8.85. The number of halogens is 1. The van der Waals surface area contributed by atoms with Gasteiger partial charge in [0.05, 0.1) is 5.75 Å². The van der Waals surface area contributed by atoms with E-state index in [4.69, 9.17) is 4.74 Å². The van der Waals surface area contributed by atoms with E-state index in [2.05, 4.69) is 71.3 Å². The SMILES string of the molecule is CC(C)c1ccc(OCc2nnc(SCC(=O)Nc3ccc(Br)cc3C(C)C)n2C)cc1. The fraction of sp³-hybridized carbons (Fsp3) is 0.375. The van der Waals surface area contributed by atoms with Crippen LogP contribution in [0.2, 0.25) is 0 Å². The van der Waals surface area contributed by atoms with E-state index in [1.807, 2.05) is 41.9 Å². The van der Waals surface area contributed by atoms with Crippen LogP contribution in [0.4, 0.5) is 5.69 Å². The molecule has 0 bridgehead atoms. The molecule has 0 unspecified atom stereocenters. The molecular formula is C24H29BrN4O2S. The first-order valence-corrected chi connectivity index (χ1v) is 12.4. The molecule has 0 spiro atoms. The van der Waals surface area contributed by atoms with E-state index in [0.717, 1.165) is 21.5 Å². The Morgan fingerprint density at radius 2 is 1.81 bits per heavy atom. The number of nitrogens with one attached hydrogen (secondary N) is 1. The maximum Gasteiger partial charge on any atom is 0.234 e. The third kappa shape index (κ3) is 6.36. The van der Waals surface area contributed by atoms with Crippen molar-refractivity contribution < 1.29 is 9.53 Å². The first-order valence-electron chi connectivity index (χ1n) is 10.6. The molecule has 32 heavy (non-hydrogen) atoms. The molecule has 1 heterocycles. The summed E-state index contributed by atoms with van der Waals surface area (Å²) >= 11 is 4.85. The Hall–Kier alpha value is -2.32. The van der Waals surface area contributed by atoms with Gasteiger partial charge < -0.3 is 14.6 Å². The highest BCUT2D eigenvalue weighted by Crippen LogP contribution is 2.28. The first kappa shape index (κ1) is 24.3. The van der Waals surface area contributed by atoms with E-state index < -0.39 is 0 Å². The summed E-state index contributed by atoms with van der Waals surface area (Å²) in [5, 5.41) is 12.1. The van der Waals surface area contributed by atoms with Gasteiger partial charge in [0.2, 0.25) is 5.91 Å². The summed E-state index contributed by atoms with van der Waals surface area (Å²) in [5.41, 5.74) is 3.21. The fourth-order valence-electron chi connectivity index (χ4n) is 3.13. The number of amides is 1. The molecule has 6 nitrogen and oxygen atoms in total. The molecule has 0 saturated heterocycles. The van der Waals surface area contributed by atoms with Crippen LogP contribution in [-0.2, 0) is 18.4 Å². The number of nitrogens with zero attached hydrogens (tertiary/aromatic N) is 3. The molecule has 170 valence electrons. The predicted octanol–water partition coefficient (Wildman–Crippen LogP) is 6.13. The molecule has 0 fully saturated rings. The number of aromatic nitrogens is 3. The van der Waals surface area contributed by atoms with Crippen LogP contribution >= 0.6 is 27.7 Å². The van der Waals surface area contributed by atoms with Crippen LogP contribution in [0.5, 0.6) is 5.75 Å². The Bertz CT molecular complexity index is 1060. The quantitative estimate of drug-likeness (QED) is 0.346. The molecule has 0 aliphatic carbocycles. The number of hydrogen-bond acceptors (Lipinski definition) is 5. The summed E-state index contributed by atoms with van der Waals surface area (Å²) in [6, 6.07) is 14.0. The number of carbonyl (C=O) groups excluding carboxylic acids is 1. The van der Waals surface area contributed by atoms with Crippen LogP contribution in [0.15, 0.2) is 52.1 Å². The highest BCUT2D eigenvalue weighted by Gasteiger charge is 2.14. The lowest BCUT2D eigenvalue weighted by molar-refractivity contribution is -0.113. The van der Waals surface area contributed by atoms with Crippen LogP contribution < -0.4 is 10.1 Å². The maximum absolute atomic E-state index is 12.5. The molecule has 0 radical (unpaired) electrons. The number of rotatable bonds is 9. The number of anilines is 1. The second kappa shape index (κ2) is 11.0. The van der Waals surface area contributed by atoms with E-state index in [1.54, 1.807) is 0 Å². The molecule has 3 aromatic rings. The van der Waals surface area contributed by atoms with Crippen LogP contribution in [0, 0.1) is 0 Å². The van der Waals surface area contributed by atoms with Gasteiger partial charge in [0, 0.05) is 17.2 Å². The minimum atomic E-state index is -0.0785. The summed E-state index contributed by atoms with van der Waals surface area (Å²) in [7, 11) is 1.88. The van der Waals surface area contributed by atoms with Gasteiger partial charge in [0.15, 0.2) is 11.0 Å².